The zero-order chi connectivity index (χ0) is 15.5. The summed E-state index contributed by atoms with van der Waals surface area (Å²) in [5.41, 5.74) is 5.98. The van der Waals surface area contributed by atoms with Crippen molar-refractivity contribution in [2.24, 2.45) is 5.73 Å². The fraction of sp³-hybridized carbons (Fsp3) is 0.250. The van der Waals surface area contributed by atoms with Crippen LogP contribution < -0.4 is 10.5 Å². The lowest BCUT2D eigenvalue weighted by Gasteiger charge is -2.23. The minimum absolute atomic E-state index is 0.149. The van der Waals surface area contributed by atoms with Crippen molar-refractivity contribution in [3.63, 3.8) is 0 Å². The number of halogens is 3. The topological polar surface area (TPSA) is 35.2 Å². The number of ether oxygens (including phenoxy) is 1. The van der Waals surface area contributed by atoms with Crippen LogP contribution in [0.25, 0.3) is 0 Å². The Hall–Kier alpha value is -2.01. The normalized spacial score (nSPS) is 14.5. The molecule has 0 aromatic heterocycles. The molecule has 2 rings (SSSR count). The smallest absolute Gasteiger partial charge is 0.416 e. The lowest BCUT2D eigenvalue weighted by Crippen LogP contribution is -2.29. The Morgan fingerprint density at radius 1 is 1.00 bits per heavy atom. The van der Waals surface area contributed by atoms with Crippen LogP contribution in [0, 0.1) is 0 Å². The van der Waals surface area contributed by atoms with Gasteiger partial charge in [-0.05, 0) is 30.7 Å². The van der Waals surface area contributed by atoms with E-state index in [0.717, 1.165) is 17.7 Å². The molecular weight excluding hydrogens is 279 g/mol. The van der Waals surface area contributed by atoms with Gasteiger partial charge in [-0.15, -0.1) is 0 Å². The lowest BCUT2D eigenvalue weighted by atomic mass is 10.0. The first-order chi connectivity index (χ1) is 9.88. The average molecular weight is 295 g/mol. The fourth-order valence-corrected chi connectivity index (χ4v) is 2.01. The summed E-state index contributed by atoms with van der Waals surface area (Å²) in [7, 11) is 0. The molecule has 0 amide bonds. The van der Waals surface area contributed by atoms with Crippen LogP contribution in [0.1, 0.15) is 24.2 Å². The van der Waals surface area contributed by atoms with Crippen molar-refractivity contribution in [2.75, 3.05) is 0 Å². The highest BCUT2D eigenvalue weighted by Gasteiger charge is 2.31. The van der Waals surface area contributed by atoms with Gasteiger partial charge in [-0.25, -0.2) is 0 Å². The van der Waals surface area contributed by atoms with Crippen LogP contribution in [-0.4, -0.2) is 6.04 Å². The number of rotatable bonds is 4. The summed E-state index contributed by atoms with van der Waals surface area (Å²) in [6.45, 7) is 1.76. The van der Waals surface area contributed by atoms with Gasteiger partial charge in [0.2, 0.25) is 0 Å². The van der Waals surface area contributed by atoms with Crippen LogP contribution in [0.5, 0.6) is 5.75 Å². The van der Waals surface area contributed by atoms with E-state index in [9.17, 15) is 13.2 Å². The van der Waals surface area contributed by atoms with Crippen molar-refractivity contribution < 1.29 is 17.9 Å². The number of hydrogen-bond acceptors (Lipinski definition) is 2. The molecule has 0 saturated carbocycles. The Morgan fingerprint density at radius 3 is 2.24 bits per heavy atom. The summed E-state index contributed by atoms with van der Waals surface area (Å²) < 4.78 is 43.8. The highest BCUT2D eigenvalue weighted by molar-refractivity contribution is 5.31. The Balaban J connectivity index is 2.26. The van der Waals surface area contributed by atoms with E-state index in [1.165, 1.54) is 12.1 Å². The molecular formula is C16H16F3NO. The van der Waals surface area contributed by atoms with E-state index >= 15 is 0 Å². The van der Waals surface area contributed by atoms with Gasteiger partial charge in [0.15, 0.2) is 0 Å². The molecule has 2 unspecified atom stereocenters. The molecule has 0 saturated heterocycles. The second kappa shape index (κ2) is 6.18. The van der Waals surface area contributed by atoms with E-state index in [1.807, 2.05) is 30.3 Å². The second-order valence-corrected chi connectivity index (χ2v) is 4.83. The molecule has 2 aromatic rings. The van der Waals surface area contributed by atoms with Crippen molar-refractivity contribution >= 4 is 0 Å². The third-order valence-electron chi connectivity index (χ3n) is 3.03. The molecule has 0 aliphatic heterocycles. The fourth-order valence-electron chi connectivity index (χ4n) is 2.01. The van der Waals surface area contributed by atoms with Crippen LogP contribution in [0.4, 0.5) is 13.2 Å². The molecule has 2 atom stereocenters. The highest BCUT2D eigenvalue weighted by atomic mass is 19.4. The van der Waals surface area contributed by atoms with Crippen molar-refractivity contribution in [1.29, 1.82) is 0 Å². The van der Waals surface area contributed by atoms with Gasteiger partial charge >= 0.3 is 6.18 Å². The zero-order valence-corrected chi connectivity index (χ0v) is 11.5. The van der Waals surface area contributed by atoms with Crippen molar-refractivity contribution in [2.45, 2.75) is 25.2 Å². The van der Waals surface area contributed by atoms with Crippen LogP contribution in [0.3, 0.4) is 0 Å². The van der Waals surface area contributed by atoms with E-state index in [-0.39, 0.29) is 11.8 Å². The predicted octanol–water partition coefficient (Wildman–Crippen LogP) is 4.17. The van der Waals surface area contributed by atoms with Crippen LogP contribution >= 0.6 is 0 Å². The summed E-state index contributed by atoms with van der Waals surface area (Å²) in [5, 5.41) is 0. The van der Waals surface area contributed by atoms with Gasteiger partial charge in [0.05, 0.1) is 5.56 Å². The maximum atomic E-state index is 12.7. The summed E-state index contributed by atoms with van der Waals surface area (Å²) in [4.78, 5) is 0. The Morgan fingerprint density at radius 2 is 1.67 bits per heavy atom. The maximum Gasteiger partial charge on any atom is 0.416 e. The molecule has 21 heavy (non-hydrogen) atoms. The zero-order valence-electron chi connectivity index (χ0n) is 11.5. The van der Waals surface area contributed by atoms with Gasteiger partial charge in [0.25, 0.3) is 0 Å². The van der Waals surface area contributed by atoms with Gasteiger partial charge < -0.3 is 10.5 Å². The molecule has 0 aliphatic rings. The van der Waals surface area contributed by atoms with Crippen LogP contribution in [0.2, 0.25) is 0 Å². The molecule has 2 aromatic carbocycles. The van der Waals surface area contributed by atoms with Crippen molar-refractivity contribution in [1.82, 2.24) is 0 Å². The summed E-state index contributed by atoms with van der Waals surface area (Å²) in [5.74, 6) is 0.149. The Labute approximate surface area is 121 Å². The molecule has 0 fully saturated rings. The standard InChI is InChI=1S/C16H16F3NO/c1-11(20)15(12-6-3-2-4-7-12)21-14-9-5-8-13(10-14)16(17,18)19/h2-11,15H,20H2,1H3. The third kappa shape index (κ3) is 3.98. The van der Waals surface area contributed by atoms with Gasteiger partial charge in [0.1, 0.15) is 11.9 Å². The molecule has 2 N–H and O–H groups in total. The largest absolute Gasteiger partial charge is 0.484 e. The molecule has 0 heterocycles. The van der Waals surface area contributed by atoms with Gasteiger partial charge in [-0.2, -0.15) is 13.2 Å². The molecule has 0 spiro atoms. The van der Waals surface area contributed by atoms with Crippen LogP contribution in [-0.2, 0) is 6.18 Å². The van der Waals surface area contributed by atoms with Gasteiger partial charge in [-0.1, -0.05) is 36.4 Å². The molecule has 5 heteroatoms. The number of alkyl halides is 3. The van der Waals surface area contributed by atoms with E-state index in [2.05, 4.69) is 0 Å². The van der Waals surface area contributed by atoms with Gasteiger partial charge in [0, 0.05) is 6.04 Å². The molecule has 0 aliphatic carbocycles. The first kappa shape index (κ1) is 15.4. The third-order valence-corrected chi connectivity index (χ3v) is 3.03. The number of nitrogens with two attached hydrogens (primary N) is 1. The quantitative estimate of drug-likeness (QED) is 0.918. The lowest BCUT2D eigenvalue weighted by molar-refractivity contribution is -0.137. The number of benzene rings is 2. The minimum atomic E-state index is -4.39. The van der Waals surface area contributed by atoms with E-state index in [4.69, 9.17) is 10.5 Å². The summed E-state index contributed by atoms with van der Waals surface area (Å²) in [6.07, 6.45) is -4.90. The van der Waals surface area contributed by atoms with E-state index in [0.29, 0.717) is 0 Å². The molecule has 2 nitrogen and oxygen atoms in total. The maximum absolute atomic E-state index is 12.7. The average Bonchev–Trinajstić information content (AvgIpc) is 2.45. The van der Waals surface area contributed by atoms with Gasteiger partial charge in [-0.3, -0.25) is 0 Å². The molecule has 112 valence electrons. The summed E-state index contributed by atoms with van der Waals surface area (Å²) >= 11 is 0. The SMILES string of the molecule is CC(N)C(Oc1cccc(C(F)(F)F)c1)c1ccccc1. The van der Waals surface area contributed by atoms with E-state index < -0.39 is 17.8 Å². The van der Waals surface area contributed by atoms with Crippen molar-refractivity contribution in [3.8, 4) is 5.75 Å². The Kier molecular flexibility index (Phi) is 4.53. The predicted molar refractivity (Wildman–Crippen MR) is 74.9 cm³/mol. The highest BCUT2D eigenvalue weighted by Crippen LogP contribution is 2.33. The second-order valence-electron chi connectivity index (χ2n) is 4.83. The summed E-state index contributed by atoms with van der Waals surface area (Å²) in [6, 6.07) is 13.6. The Bertz CT molecular complexity index is 582. The van der Waals surface area contributed by atoms with E-state index in [1.54, 1.807) is 6.92 Å². The minimum Gasteiger partial charge on any atom is -0.484 e. The first-order valence-corrected chi connectivity index (χ1v) is 6.52. The van der Waals surface area contributed by atoms with Crippen molar-refractivity contribution in [3.05, 3.63) is 65.7 Å². The molecule has 0 bridgehead atoms. The monoisotopic (exact) mass is 295 g/mol. The number of hydrogen-bond donors (Lipinski definition) is 1. The first-order valence-electron chi connectivity index (χ1n) is 6.52. The van der Waals surface area contributed by atoms with Crippen LogP contribution in [0.15, 0.2) is 54.6 Å². The molecule has 0 radical (unpaired) electrons.